The van der Waals surface area contributed by atoms with Gasteiger partial charge < -0.3 is 34.8 Å². The van der Waals surface area contributed by atoms with Crippen LogP contribution in [0.15, 0.2) is 36.5 Å². The van der Waals surface area contributed by atoms with Gasteiger partial charge in [0, 0.05) is 12.8 Å². The molecule has 12 nitrogen and oxygen atoms in total. The van der Waals surface area contributed by atoms with Crippen LogP contribution in [0.3, 0.4) is 0 Å². The van der Waals surface area contributed by atoms with E-state index >= 15 is 0 Å². The Kier molecular flexibility index (Phi) is 32.4. The minimum absolute atomic E-state index is 0.0723. The van der Waals surface area contributed by atoms with Crippen LogP contribution in [0.5, 0.6) is 0 Å². The molecule has 5 N–H and O–H groups in total. The van der Waals surface area contributed by atoms with E-state index in [1.165, 1.54) is 38.5 Å². The fourth-order valence-corrected chi connectivity index (χ4v) is 5.77. The van der Waals surface area contributed by atoms with Crippen LogP contribution in [0.25, 0.3) is 0 Å². The van der Waals surface area contributed by atoms with Crippen LogP contribution in [0, 0.1) is 5.92 Å². The Hall–Kier alpha value is -1.89. The van der Waals surface area contributed by atoms with Crippen molar-refractivity contribution in [3.8, 4) is 0 Å². The number of hydrogen-bond acceptors (Lipinski definition) is 11. The van der Waals surface area contributed by atoms with Gasteiger partial charge in [-0.25, -0.2) is 4.57 Å². The predicted molar refractivity (Wildman–Crippen MR) is 203 cm³/mol. The molecule has 5 atom stereocenters. The SMILES string of the molecule is CCCCC/C=C\C/C=C\C/C=C\CC(O)C(O)CCCC(=O)OC[C@H](COP(=O)(O)OC[C@@H](O)CO)OC(=O)CCCCCCCCCC(C)C. The van der Waals surface area contributed by atoms with Crippen LogP contribution in [0.4, 0.5) is 0 Å². The zero-order valence-electron chi connectivity index (χ0n) is 32.2. The highest BCUT2D eigenvalue weighted by atomic mass is 31.2. The molecule has 0 amide bonds. The van der Waals surface area contributed by atoms with Gasteiger partial charge in [0.1, 0.15) is 12.7 Å². The average molecular weight is 763 g/mol. The highest BCUT2D eigenvalue weighted by Crippen LogP contribution is 2.43. The van der Waals surface area contributed by atoms with Crippen LogP contribution in [-0.2, 0) is 32.7 Å². The molecule has 0 saturated carbocycles. The van der Waals surface area contributed by atoms with E-state index in [1.807, 2.05) is 12.2 Å². The van der Waals surface area contributed by atoms with Gasteiger partial charge in [-0.1, -0.05) is 115 Å². The molecule has 0 aromatic heterocycles. The summed E-state index contributed by atoms with van der Waals surface area (Å²) in [6.07, 6.45) is 23.2. The number of allylic oxidation sites excluding steroid dienone is 5. The molecular formula is C39H71O12P. The van der Waals surface area contributed by atoms with Gasteiger partial charge in [0.25, 0.3) is 0 Å². The second-order valence-corrected chi connectivity index (χ2v) is 15.2. The first-order valence-corrected chi connectivity index (χ1v) is 21.0. The lowest BCUT2D eigenvalue weighted by molar-refractivity contribution is -0.161. The number of ether oxygens (including phenoxy) is 2. The van der Waals surface area contributed by atoms with E-state index in [-0.39, 0.29) is 32.1 Å². The molecule has 0 saturated heterocycles. The first-order valence-electron chi connectivity index (χ1n) is 19.5. The van der Waals surface area contributed by atoms with Crippen molar-refractivity contribution in [1.82, 2.24) is 0 Å². The number of rotatable bonds is 35. The van der Waals surface area contributed by atoms with E-state index in [1.54, 1.807) is 0 Å². The van der Waals surface area contributed by atoms with E-state index in [9.17, 15) is 34.4 Å². The maximum Gasteiger partial charge on any atom is 0.472 e. The quantitative estimate of drug-likeness (QED) is 0.0186. The van der Waals surface area contributed by atoms with Crippen LogP contribution >= 0.6 is 7.82 Å². The summed E-state index contributed by atoms with van der Waals surface area (Å²) in [5.74, 6) is -0.501. The third kappa shape index (κ3) is 32.7. The number of hydrogen-bond donors (Lipinski definition) is 5. The van der Waals surface area contributed by atoms with Gasteiger partial charge in [-0.05, 0) is 57.3 Å². The van der Waals surface area contributed by atoms with Gasteiger partial charge in [0.2, 0.25) is 0 Å². The molecule has 13 heteroatoms. The van der Waals surface area contributed by atoms with E-state index in [4.69, 9.17) is 19.1 Å². The van der Waals surface area contributed by atoms with E-state index in [0.717, 1.165) is 44.9 Å². The van der Waals surface area contributed by atoms with Crippen molar-refractivity contribution in [1.29, 1.82) is 0 Å². The second kappa shape index (κ2) is 33.7. The lowest BCUT2D eigenvalue weighted by atomic mass is 10.0. The summed E-state index contributed by atoms with van der Waals surface area (Å²) >= 11 is 0. The zero-order chi connectivity index (χ0) is 38.9. The summed E-state index contributed by atoms with van der Waals surface area (Å²) in [6, 6.07) is 0. The number of phosphoric ester groups is 1. The Morgan fingerprint density at radius 2 is 1.27 bits per heavy atom. The van der Waals surface area contributed by atoms with Crippen molar-refractivity contribution in [2.75, 3.05) is 26.4 Å². The van der Waals surface area contributed by atoms with E-state index in [0.29, 0.717) is 12.3 Å². The molecule has 0 aliphatic heterocycles. The first kappa shape index (κ1) is 50.1. The summed E-state index contributed by atoms with van der Waals surface area (Å²) in [6.45, 7) is 4.22. The summed E-state index contributed by atoms with van der Waals surface area (Å²) in [5.41, 5.74) is 0. The Morgan fingerprint density at radius 3 is 1.92 bits per heavy atom. The topological polar surface area (TPSA) is 189 Å². The molecule has 0 radical (unpaired) electrons. The highest BCUT2D eigenvalue weighted by molar-refractivity contribution is 7.47. The minimum Gasteiger partial charge on any atom is -0.462 e. The normalized spacial score (nSPS) is 15.7. The summed E-state index contributed by atoms with van der Waals surface area (Å²) in [7, 11) is -4.68. The average Bonchev–Trinajstić information content (AvgIpc) is 3.11. The van der Waals surface area contributed by atoms with Crippen molar-refractivity contribution in [2.24, 2.45) is 5.92 Å². The number of carbonyl (C=O) groups excluding carboxylic acids is 2. The predicted octanol–water partition coefficient (Wildman–Crippen LogP) is 7.41. The number of esters is 2. The van der Waals surface area contributed by atoms with Crippen molar-refractivity contribution in [2.45, 2.75) is 167 Å². The molecule has 0 rings (SSSR count). The van der Waals surface area contributed by atoms with Gasteiger partial charge in [-0.2, -0.15) is 0 Å². The van der Waals surface area contributed by atoms with Crippen LogP contribution in [0.1, 0.15) is 143 Å². The third-order valence-electron chi connectivity index (χ3n) is 8.18. The van der Waals surface area contributed by atoms with Crippen LogP contribution in [-0.4, -0.2) is 88.1 Å². The molecule has 0 aromatic rings. The number of aliphatic hydroxyl groups is 4. The smallest absolute Gasteiger partial charge is 0.462 e. The molecule has 304 valence electrons. The molecule has 3 unspecified atom stereocenters. The molecular weight excluding hydrogens is 691 g/mol. The molecule has 0 aliphatic carbocycles. The Morgan fingerprint density at radius 1 is 0.673 bits per heavy atom. The van der Waals surface area contributed by atoms with Crippen molar-refractivity contribution in [3.63, 3.8) is 0 Å². The fourth-order valence-electron chi connectivity index (χ4n) is 4.99. The maximum absolute atomic E-state index is 12.5. The Labute approximate surface area is 313 Å². The second-order valence-electron chi connectivity index (χ2n) is 13.7. The van der Waals surface area contributed by atoms with E-state index < -0.39 is 70.6 Å². The molecule has 0 bridgehead atoms. The minimum atomic E-state index is -4.68. The Bertz CT molecular complexity index is 1020. The maximum atomic E-state index is 12.5. The highest BCUT2D eigenvalue weighted by Gasteiger charge is 2.27. The first-order chi connectivity index (χ1) is 24.9. The van der Waals surface area contributed by atoms with Gasteiger partial charge in [-0.3, -0.25) is 18.6 Å². The van der Waals surface area contributed by atoms with Gasteiger partial charge in [0.05, 0.1) is 32.0 Å². The number of unbranched alkanes of at least 4 members (excludes halogenated alkanes) is 9. The molecule has 0 aliphatic rings. The lowest BCUT2D eigenvalue weighted by Crippen LogP contribution is -2.30. The fraction of sp³-hybridized carbons (Fsp3) is 0.795. The van der Waals surface area contributed by atoms with E-state index in [2.05, 4.69) is 49.6 Å². The van der Waals surface area contributed by atoms with Crippen molar-refractivity contribution >= 4 is 19.8 Å². The van der Waals surface area contributed by atoms with Gasteiger partial charge >= 0.3 is 19.8 Å². The lowest BCUT2D eigenvalue weighted by Gasteiger charge is -2.20. The van der Waals surface area contributed by atoms with Gasteiger partial charge in [-0.15, -0.1) is 0 Å². The molecule has 0 spiro atoms. The van der Waals surface area contributed by atoms with Crippen molar-refractivity contribution < 1.29 is 58.0 Å². The largest absolute Gasteiger partial charge is 0.472 e. The zero-order valence-corrected chi connectivity index (χ0v) is 33.0. The standard InChI is InChI=1S/C39H71O12P/c1-4-5-6-7-8-9-10-11-12-15-18-21-25-36(42)37(43)26-23-28-38(44)48-31-35(32-50-52(46,47)49-30-34(41)29-40)51-39(45)27-22-19-16-13-14-17-20-24-33(2)3/h8-9,11-12,18,21,33-37,40-43H,4-7,10,13-17,19-20,22-32H2,1-3H3,(H,46,47)/b9-8-,12-11-,21-18-/t34-,35+,36?,37?/m0/s1. The van der Waals surface area contributed by atoms with Crippen LogP contribution in [0.2, 0.25) is 0 Å². The molecule has 0 heterocycles. The van der Waals surface area contributed by atoms with Gasteiger partial charge in [0.15, 0.2) is 6.10 Å². The third-order valence-corrected chi connectivity index (χ3v) is 9.13. The summed E-state index contributed by atoms with van der Waals surface area (Å²) in [5, 5.41) is 38.8. The molecule has 0 aromatic carbocycles. The van der Waals surface area contributed by atoms with Crippen LogP contribution < -0.4 is 0 Å². The molecule has 0 fully saturated rings. The number of phosphoric acid groups is 1. The summed E-state index contributed by atoms with van der Waals surface area (Å²) < 4.78 is 32.4. The number of carbonyl (C=O) groups is 2. The van der Waals surface area contributed by atoms with Crippen molar-refractivity contribution in [3.05, 3.63) is 36.5 Å². The monoisotopic (exact) mass is 762 g/mol. The number of aliphatic hydroxyl groups excluding tert-OH is 4. The molecule has 52 heavy (non-hydrogen) atoms. The Balaban J connectivity index is 4.60. The summed E-state index contributed by atoms with van der Waals surface area (Å²) in [4.78, 5) is 34.8.